The Labute approximate surface area is 212 Å². The van der Waals surface area contributed by atoms with Gasteiger partial charge in [0.1, 0.15) is 22.9 Å². The first kappa shape index (κ1) is 23.6. The molecule has 4 aromatic rings. The number of phenolic OH excluding ortho intramolecular Hbond substituents is 2. The number of phenols is 2. The summed E-state index contributed by atoms with van der Waals surface area (Å²) in [7, 11) is 3.16. The van der Waals surface area contributed by atoms with Crippen molar-refractivity contribution in [2.75, 3.05) is 20.8 Å². The van der Waals surface area contributed by atoms with E-state index in [4.69, 9.17) is 21.1 Å². The van der Waals surface area contributed by atoms with Crippen molar-refractivity contribution >= 4 is 17.5 Å². The molecule has 5 rings (SSSR count). The number of nitrogens with one attached hydrogen (secondary N) is 1. The number of aromatic nitrogens is 2. The van der Waals surface area contributed by atoms with E-state index in [0.717, 1.165) is 11.1 Å². The highest BCUT2D eigenvalue weighted by molar-refractivity contribution is 6.31. The normalized spacial score (nSPS) is 14.7. The maximum Gasteiger partial charge on any atom is 0.273 e. The number of amides is 1. The third-order valence-corrected chi connectivity index (χ3v) is 6.59. The largest absolute Gasteiger partial charge is 0.508 e. The Morgan fingerprint density at radius 2 is 1.83 bits per heavy atom. The summed E-state index contributed by atoms with van der Waals surface area (Å²) in [6.45, 7) is 0.387. The molecule has 0 saturated heterocycles. The fourth-order valence-electron chi connectivity index (χ4n) is 4.66. The number of ether oxygens (including phenoxy) is 2. The number of rotatable bonds is 7. The average molecular weight is 506 g/mol. The maximum absolute atomic E-state index is 13.6. The lowest BCUT2D eigenvalue weighted by molar-refractivity contribution is 0.0745. The Kier molecular flexibility index (Phi) is 6.20. The van der Waals surface area contributed by atoms with Crippen LogP contribution in [0.15, 0.2) is 60.7 Å². The summed E-state index contributed by atoms with van der Waals surface area (Å²) in [5.41, 5.74) is 3.50. The van der Waals surface area contributed by atoms with E-state index in [1.807, 2.05) is 24.3 Å². The van der Waals surface area contributed by atoms with Gasteiger partial charge < -0.3 is 24.6 Å². The van der Waals surface area contributed by atoms with Crippen LogP contribution in [0, 0.1) is 0 Å². The summed E-state index contributed by atoms with van der Waals surface area (Å²) in [5, 5.41) is 28.4. The summed E-state index contributed by atoms with van der Waals surface area (Å²) in [6.07, 6.45) is 0.552. The van der Waals surface area contributed by atoms with Gasteiger partial charge in [-0.05, 0) is 60.0 Å². The van der Waals surface area contributed by atoms with Crippen LogP contribution in [0.4, 0.5) is 0 Å². The minimum Gasteiger partial charge on any atom is -0.508 e. The van der Waals surface area contributed by atoms with Gasteiger partial charge in [0.25, 0.3) is 5.91 Å². The molecule has 0 bridgehead atoms. The highest BCUT2D eigenvalue weighted by Gasteiger charge is 2.42. The number of hydrogen-bond donors (Lipinski definition) is 3. The first-order valence-electron chi connectivity index (χ1n) is 11.3. The van der Waals surface area contributed by atoms with Gasteiger partial charge in [-0.15, -0.1) is 0 Å². The lowest BCUT2D eigenvalue weighted by Gasteiger charge is -2.26. The van der Waals surface area contributed by atoms with E-state index in [2.05, 4.69) is 10.2 Å². The average Bonchev–Trinajstić information content (AvgIpc) is 3.42. The highest BCUT2D eigenvalue weighted by Crippen LogP contribution is 2.45. The van der Waals surface area contributed by atoms with Crippen LogP contribution in [0.3, 0.4) is 0 Å². The Morgan fingerprint density at radius 3 is 2.58 bits per heavy atom. The van der Waals surface area contributed by atoms with E-state index in [-0.39, 0.29) is 17.4 Å². The SMILES string of the molecule is COc1ccc(CCN2C(=O)c3[nH]nc(-c4cc(Cl)ccc4O)c3C2c2cccc(O)c2)cc1OC. The van der Waals surface area contributed by atoms with Gasteiger partial charge in [0.15, 0.2) is 11.5 Å². The number of methoxy groups -OCH3 is 2. The van der Waals surface area contributed by atoms with Gasteiger partial charge in [-0.25, -0.2) is 0 Å². The molecule has 1 unspecified atom stereocenters. The molecule has 1 aliphatic heterocycles. The predicted octanol–water partition coefficient (Wildman–Crippen LogP) is 4.95. The zero-order valence-electron chi connectivity index (χ0n) is 19.7. The summed E-state index contributed by atoms with van der Waals surface area (Å²) in [5.74, 6) is 1.10. The summed E-state index contributed by atoms with van der Waals surface area (Å²) >= 11 is 6.20. The fourth-order valence-corrected chi connectivity index (χ4v) is 4.83. The third-order valence-electron chi connectivity index (χ3n) is 6.35. The second-order valence-electron chi connectivity index (χ2n) is 8.46. The van der Waals surface area contributed by atoms with Crippen molar-refractivity contribution in [3.63, 3.8) is 0 Å². The number of carbonyl (C=O) groups excluding carboxylic acids is 1. The summed E-state index contributed by atoms with van der Waals surface area (Å²) < 4.78 is 10.7. The van der Waals surface area contributed by atoms with Crippen LogP contribution in [-0.2, 0) is 6.42 Å². The summed E-state index contributed by atoms with van der Waals surface area (Å²) in [6, 6.07) is 16.6. The van der Waals surface area contributed by atoms with Gasteiger partial charge >= 0.3 is 0 Å². The molecule has 9 heteroatoms. The molecule has 0 saturated carbocycles. The van der Waals surface area contributed by atoms with Crippen LogP contribution in [0.5, 0.6) is 23.0 Å². The van der Waals surface area contributed by atoms with Gasteiger partial charge in [-0.2, -0.15) is 5.10 Å². The van der Waals surface area contributed by atoms with Crippen molar-refractivity contribution in [1.29, 1.82) is 0 Å². The molecule has 1 amide bonds. The third kappa shape index (κ3) is 4.09. The Bertz CT molecular complexity index is 1450. The number of H-pyrrole nitrogens is 1. The van der Waals surface area contributed by atoms with E-state index < -0.39 is 6.04 Å². The van der Waals surface area contributed by atoms with Crippen LogP contribution in [-0.4, -0.2) is 52.0 Å². The fraction of sp³-hybridized carbons (Fsp3) is 0.185. The van der Waals surface area contributed by atoms with E-state index in [1.165, 1.54) is 6.07 Å². The quantitative estimate of drug-likeness (QED) is 0.328. The van der Waals surface area contributed by atoms with Crippen molar-refractivity contribution in [3.05, 3.63) is 88.1 Å². The molecule has 0 spiro atoms. The van der Waals surface area contributed by atoms with Gasteiger partial charge in [0.2, 0.25) is 0 Å². The van der Waals surface area contributed by atoms with Crippen LogP contribution in [0.25, 0.3) is 11.3 Å². The maximum atomic E-state index is 13.6. The molecule has 2 heterocycles. The molecule has 0 aliphatic carbocycles. The van der Waals surface area contributed by atoms with Crippen molar-refractivity contribution in [1.82, 2.24) is 15.1 Å². The molecule has 36 heavy (non-hydrogen) atoms. The van der Waals surface area contributed by atoms with Crippen LogP contribution < -0.4 is 9.47 Å². The van der Waals surface area contributed by atoms with Crippen molar-refractivity contribution in [2.24, 2.45) is 0 Å². The number of nitrogens with zero attached hydrogens (tertiary/aromatic N) is 2. The first-order valence-corrected chi connectivity index (χ1v) is 11.7. The number of halogens is 1. The molecular formula is C27H24ClN3O5. The van der Waals surface area contributed by atoms with E-state index in [1.54, 1.807) is 49.5 Å². The number of aromatic hydroxyl groups is 2. The molecule has 1 aromatic heterocycles. The monoisotopic (exact) mass is 505 g/mol. The van der Waals surface area contributed by atoms with Crippen molar-refractivity contribution in [3.8, 4) is 34.3 Å². The van der Waals surface area contributed by atoms with Gasteiger partial charge in [0, 0.05) is 22.7 Å². The molecule has 3 aromatic carbocycles. The van der Waals surface area contributed by atoms with Crippen molar-refractivity contribution in [2.45, 2.75) is 12.5 Å². The van der Waals surface area contributed by atoms with Crippen LogP contribution in [0.2, 0.25) is 5.02 Å². The van der Waals surface area contributed by atoms with E-state index in [9.17, 15) is 15.0 Å². The zero-order chi connectivity index (χ0) is 25.4. The van der Waals surface area contributed by atoms with Crippen molar-refractivity contribution < 1.29 is 24.5 Å². The minimum atomic E-state index is -0.535. The number of aromatic amines is 1. The molecule has 1 atom stereocenters. The zero-order valence-corrected chi connectivity index (χ0v) is 20.4. The lowest BCUT2D eigenvalue weighted by Crippen LogP contribution is -2.31. The number of carbonyl (C=O) groups is 1. The van der Waals surface area contributed by atoms with E-state index in [0.29, 0.717) is 52.0 Å². The standard InChI is InChI=1S/C27H24ClN3O5/c1-35-21-9-6-15(12-22(21)36-2)10-11-31-26(16-4-3-5-18(32)13-16)23-24(29-30-25(23)27(31)34)19-14-17(28)7-8-20(19)33/h3-9,12-14,26,32-33H,10-11H2,1-2H3,(H,29,30). The molecule has 8 nitrogen and oxygen atoms in total. The molecule has 0 radical (unpaired) electrons. The van der Waals surface area contributed by atoms with Gasteiger partial charge in [-0.1, -0.05) is 29.8 Å². The van der Waals surface area contributed by atoms with Crippen LogP contribution >= 0.6 is 11.6 Å². The van der Waals surface area contributed by atoms with Gasteiger partial charge in [-0.3, -0.25) is 9.89 Å². The first-order chi connectivity index (χ1) is 17.4. The van der Waals surface area contributed by atoms with Gasteiger partial charge in [0.05, 0.1) is 20.3 Å². The predicted molar refractivity (Wildman–Crippen MR) is 135 cm³/mol. The lowest BCUT2D eigenvalue weighted by atomic mass is 9.95. The Morgan fingerprint density at radius 1 is 1.03 bits per heavy atom. The Hall–Kier alpha value is -4.17. The molecular weight excluding hydrogens is 482 g/mol. The number of fused-ring (bicyclic) bond motifs is 1. The second kappa shape index (κ2) is 9.47. The molecule has 3 N–H and O–H groups in total. The molecule has 184 valence electrons. The van der Waals surface area contributed by atoms with Crippen LogP contribution in [0.1, 0.15) is 33.2 Å². The molecule has 1 aliphatic rings. The smallest absolute Gasteiger partial charge is 0.273 e. The minimum absolute atomic E-state index is 0.000384. The summed E-state index contributed by atoms with van der Waals surface area (Å²) in [4.78, 5) is 15.3. The number of hydrogen-bond acceptors (Lipinski definition) is 6. The highest BCUT2D eigenvalue weighted by atomic mass is 35.5. The number of benzene rings is 3. The van der Waals surface area contributed by atoms with E-state index >= 15 is 0 Å². The Balaban J connectivity index is 1.56. The molecule has 0 fully saturated rings. The second-order valence-corrected chi connectivity index (χ2v) is 8.89. The topological polar surface area (TPSA) is 108 Å².